The molecule has 0 aliphatic carbocycles. The van der Waals surface area contributed by atoms with Crippen LogP contribution >= 0.6 is 0 Å². The molecule has 0 radical (unpaired) electrons. The number of nitrogens with two attached hydrogens (primary N) is 1. The van der Waals surface area contributed by atoms with Gasteiger partial charge in [-0.15, -0.1) is 0 Å². The lowest BCUT2D eigenvalue weighted by atomic mass is 10.1. The maximum absolute atomic E-state index is 9.36. The third-order valence-electron chi connectivity index (χ3n) is 2.07. The normalized spacial score (nSPS) is 14.4. The average molecular weight is 197 g/mol. The van der Waals surface area contributed by atoms with E-state index in [2.05, 4.69) is 25.9 Å². The van der Waals surface area contributed by atoms with E-state index < -0.39 is 6.10 Å². The van der Waals surface area contributed by atoms with Gasteiger partial charge >= 0.3 is 0 Å². The first-order valence-corrected chi connectivity index (χ1v) is 4.85. The molecular formula is C10H19N3O. The Bertz CT molecular complexity index is 288. The lowest BCUT2D eigenvalue weighted by molar-refractivity contribution is 0.183. The number of hydrogen-bond donors (Lipinski definition) is 2. The van der Waals surface area contributed by atoms with E-state index in [1.165, 1.54) is 0 Å². The first-order valence-electron chi connectivity index (χ1n) is 4.85. The molecule has 14 heavy (non-hydrogen) atoms. The Kier molecular flexibility index (Phi) is 3.29. The highest BCUT2D eigenvalue weighted by Gasteiger charge is 2.14. The van der Waals surface area contributed by atoms with Gasteiger partial charge in [-0.25, -0.2) is 0 Å². The molecule has 0 aliphatic rings. The SMILES string of the molecule is CC(C)(C)n1cc(CC(O)CN)cn1. The summed E-state index contributed by atoms with van der Waals surface area (Å²) in [5.74, 6) is 0. The summed E-state index contributed by atoms with van der Waals surface area (Å²) in [6.45, 7) is 6.55. The van der Waals surface area contributed by atoms with Crippen molar-refractivity contribution in [3.63, 3.8) is 0 Å². The fourth-order valence-electron chi connectivity index (χ4n) is 1.19. The number of rotatable bonds is 3. The molecule has 0 saturated heterocycles. The van der Waals surface area contributed by atoms with Crippen molar-refractivity contribution in [2.75, 3.05) is 6.54 Å². The van der Waals surface area contributed by atoms with Gasteiger partial charge in [-0.05, 0) is 26.3 Å². The summed E-state index contributed by atoms with van der Waals surface area (Å²) in [5, 5.41) is 13.6. The maximum atomic E-state index is 9.36. The predicted octanol–water partition coefficient (Wildman–Crippen LogP) is 0.500. The molecule has 1 rings (SSSR count). The van der Waals surface area contributed by atoms with Gasteiger partial charge in [0, 0.05) is 19.2 Å². The summed E-state index contributed by atoms with van der Waals surface area (Å²) in [6.07, 6.45) is 3.85. The number of nitrogens with zero attached hydrogens (tertiary/aromatic N) is 2. The van der Waals surface area contributed by atoms with Gasteiger partial charge in [0.15, 0.2) is 0 Å². The van der Waals surface area contributed by atoms with Crippen LogP contribution in [-0.2, 0) is 12.0 Å². The van der Waals surface area contributed by atoms with Crippen LogP contribution in [0.3, 0.4) is 0 Å². The van der Waals surface area contributed by atoms with Crippen LogP contribution in [0, 0.1) is 0 Å². The van der Waals surface area contributed by atoms with Crippen LogP contribution in [0.1, 0.15) is 26.3 Å². The van der Waals surface area contributed by atoms with Crippen LogP contribution in [0.5, 0.6) is 0 Å². The zero-order valence-electron chi connectivity index (χ0n) is 9.07. The Morgan fingerprint density at radius 2 is 2.21 bits per heavy atom. The highest BCUT2D eigenvalue weighted by molar-refractivity contribution is 5.06. The van der Waals surface area contributed by atoms with E-state index in [0.29, 0.717) is 13.0 Å². The molecule has 4 heteroatoms. The van der Waals surface area contributed by atoms with Crippen LogP contribution < -0.4 is 5.73 Å². The number of aromatic nitrogens is 2. The van der Waals surface area contributed by atoms with E-state index in [9.17, 15) is 5.11 Å². The van der Waals surface area contributed by atoms with E-state index in [1.807, 2.05) is 10.9 Å². The van der Waals surface area contributed by atoms with Crippen LogP contribution in [0.4, 0.5) is 0 Å². The van der Waals surface area contributed by atoms with Crippen molar-refractivity contribution in [3.05, 3.63) is 18.0 Å². The van der Waals surface area contributed by atoms with E-state index in [1.54, 1.807) is 6.20 Å². The second kappa shape index (κ2) is 4.11. The molecular weight excluding hydrogens is 178 g/mol. The lowest BCUT2D eigenvalue weighted by Crippen LogP contribution is -2.23. The van der Waals surface area contributed by atoms with Crippen molar-refractivity contribution in [1.29, 1.82) is 0 Å². The third kappa shape index (κ3) is 2.82. The Hall–Kier alpha value is -0.870. The van der Waals surface area contributed by atoms with Crippen molar-refractivity contribution in [2.24, 2.45) is 5.73 Å². The summed E-state index contributed by atoms with van der Waals surface area (Å²) < 4.78 is 1.89. The summed E-state index contributed by atoms with van der Waals surface area (Å²) in [6, 6.07) is 0. The minimum Gasteiger partial charge on any atom is -0.391 e. The number of aliphatic hydroxyl groups is 1. The smallest absolute Gasteiger partial charge is 0.0703 e. The molecule has 1 aromatic heterocycles. The van der Waals surface area contributed by atoms with Gasteiger partial charge in [-0.1, -0.05) is 0 Å². The lowest BCUT2D eigenvalue weighted by Gasteiger charge is -2.18. The zero-order valence-corrected chi connectivity index (χ0v) is 9.07. The molecule has 0 bridgehead atoms. The number of aliphatic hydroxyl groups excluding tert-OH is 1. The Morgan fingerprint density at radius 3 is 2.64 bits per heavy atom. The quantitative estimate of drug-likeness (QED) is 0.741. The van der Waals surface area contributed by atoms with Gasteiger partial charge in [0.2, 0.25) is 0 Å². The van der Waals surface area contributed by atoms with Crippen LogP contribution in [0.25, 0.3) is 0 Å². The predicted molar refractivity (Wildman–Crippen MR) is 56.0 cm³/mol. The van der Waals surface area contributed by atoms with Crippen molar-refractivity contribution in [2.45, 2.75) is 38.8 Å². The van der Waals surface area contributed by atoms with Crippen LogP contribution in [0.2, 0.25) is 0 Å². The largest absolute Gasteiger partial charge is 0.391 e. The molecule has 0 fully saturated rings. The second-order valence-electron chi connectivity index (χ2n) is 4.56. The molecule has 3 N–H and O–H groups in total. The van der Waals surface area contributed by atoms with Gasteiger partial charge in [0.05, 0.1) is 17.8 Å². The molecule has 0 spiro atoms. The van der Waals surface area contributed by atoms with Crippen molar-refractivity contribution < 1.29 is 5.11 Å². The Labute approximate surface area is 84.7 Å². The summed E-state index contributed by atoms with van der Waals surface area (Å²) in [7, 11) is 0. The minimum absolute atomic E-state index is 0.00802. The second-order valence-corrected chi connectivity index (χ2v) is 4.56. The van der Waals surface area contributed by atoms with Crippen molar-refractivity contribution in [1.82, 2.24) is 9.78 Å². The fraction of sp³-hybridized carbons (Fsp3) is 0.700. The Morgan fingerprint density at radius 1 is 1.57 bits per heavy atom. The highest BCUT2D eigenvalue weighted by atomic mass is 16.3. The average Bonchev–Trinajstić information content (AvgIpc) is 2.51. The van der Waals surface area contributed by atoms with Gasteiger partial charge in [-0.3, -0.25) is 4.68 Å². The van der Waals surface area contributed by atoms with E-state index in [0.717, 1.165) is 5.56 Å². The highest BCUT2D eigenvalue weighted by Crippen LogP contribution is 2.13. The molecule has 0 aliphatic heterocycles. The molecule has 0 saturated carbocycles. The van der Waals surface area contributed by atoms with E-state index in [4.69, 9.17) is 5.73 Å². The molecule has 80 valence electrons. The fourth-order valence-corrected chi connectivity index (χ4v) is 1.19. The minimum atomic E-state index is -0.465. The molecule has 0 amide bonds. The van der Waals surface area contributed by atoms with E-state index in [-0.39, 0.29) is 5.54 Å². The summed E-state index contributed by atoms with van der Waals surface area (Å²) >= 11 is 0. The van der Waals surface area contributed by atoms with Crippen LogP contribution in [0.15, 0.2) is 12.4 Å². The first kappa shape index (κ1) is 11.2. The molecule has 1 atom stereocenters. The molecule has 0 aromatic carbocycles. The van der Waals surface area contributed by atoms with Crippen LogP contribution in [-0.4, -0.2) is 27.5 Å². The van der Waals surface area contributed by atoms with Gasteiger partial charge in [-0.2, -0.15) is 5.10 Å². The first-order chi connectivity index (χ1) is 6.43. The molecule has 4 nitrogen and oxygen atoms in total. The zero-order chi connectivity index (χ0) is 10.8. The molecule has 1 heterocycles. The Balaban J connectivity index is 2.69. The van der Waals surface area contributed by atoms with Crippen molar-refractivity contribution in [3.8, 4) is 0 Å². The van der Waals surface area contributed by atoms with Gasteiger partial charge in [0.1, 0.15) is 0 Å². The maximum Gasteiger partial charge on any atom is 0.0703 e. The van der Waals surface area contributed by atoms with Crippen molar-refractivity contribution >= 4 is 0 Å². The standard InChI is InChI=1S/C10H19N3O/c1-10(2,3)13-7-8(6-12-13)4-9(14)5-11/h6-7,9,14H,4-5,11H2,1-3H3. The van der Waals surface area contributed by atoms with E-state index >= 15 is 0 Å². The monoisotopic (exact) mass is 197 g/mol. The summed E-state index contributed by atoms with van der Waals surface area (Å²) in [4.78, 5) is 0. The van der Waals surface area contributed by atoms with Gasteiger partial charge in [0.25, 0.3) is 0 Å². The van der Waals surface area contributed by atoms with Gasteiger partial charge < -0.3 is 10.8 Å². The topological polar surface area (TPSA) is 64.1 Å². The third-order valence-corrected chi connectivity index (χ3v) is 2.07. The summed E-state index contributed by atoms with van der Waals surface area (Å²) in [5.41, 5.74) is 6.35. The number of hydrogen-bond acceptors (Lipinski definition) is 3. The molecule has 1 unspecified atom stereocenters. The molecule has 1 aromatic rings.